The van der Waals surface area contributed by atoms with Crippen LogP contribution in [-0.2, 0) is 7.05 Å². The van der Waals surface area contributed by atoms with E-state index in [2.05, 4.69) is 32.5 Å². The van der Waals surface area contributed by atoms with Gasteiger partial charge in [0.05, 0.1) is 0 Å². The number of rotatable bonds is 2. The van der Waals surface area contributed by atoms with E-state index in [-0.39, 0.29) is 0 Å². The van der Waals surface area contributed by atoms with E-state index in [0.29, 0.717) is 5.92 Å². The molecule has 3 aromatic rings. The molecule has 0 unspecified atom stereocenters. The molecule has 1 aliphatic carbocycles. The van der Waals surface area contributed by atoms with Gasteiger partial charge in [0.1, 0.15) is 11.2 Å². The number of fused-ring (bicyclic) bond motifs is 1. The maximum atomic E-state index is 4.66. The fourth-order valence-corrected chi connectivity index (χ4v) is 2.92. The van der Waals surface area contributed by atoms with Gasteiger partial charge in [0.2, 0.25) is 0 Å². The lowest BCUT2D eigenvalue weighted by molar-refractivity contribution is 0.728. The van der Waals surface area contributed by atoms with Crippen LogP contribution in [0.3, 0.4) is 0 Å². The number of aryl methyl sites for hydroxylation is 1. The fraction of sp³-hybridized carbons (Fsp3) is 0.333. The molecule has 0 aromatic carbocycles. The second-order valence-electron chi connectivity index (χ2n) is 5.36. The van der Waals surface area contributed by atoms with Crippen LogP contribution in [0.5, 0.6) is 0 Å². The van der Waals surface area contributed by atoms with Crippen LogP contribution in [0.1, 0.15) is 30.7 Å². The molecule has 0 bridgehead atoms. The van der Waals surface area contributed by atoms with E-state index in [1.807, 2.05) is 24.0 Å². The first-order chi connectivity index (χ1) is 9.81. The first-order valence-corrected chi connectivity index (χ1v) is 6.97. The third-order valence-electron chi connectivity index (χ3n) is 4.06. The van der Waals surface area contributed by atoms with Crippen LogP contribution < -0.4 is 0 Å². The van der Waals surface area contributed by atoms with Crippen LogP contribution in [0.4, 0.5) is 0 Å². The lowest BCUT2D eigenvalue weighted by atomic mass is 9.99. The van der Waals surface area contributed by atoms with Crippen LogP contribution in [-0.4, -0.2) is 24.7 Å². The average Bonchev–Trinajstić information content (AvgIpc) is 3.17. The predicted molar refractivity (Wildman–Crippen MR) is 77.0 cm³/mol. The second kappa shape index (κ2) is 4.44. The lowest BCUT2D eigenvalue weighted by Crippen LogP contribution is -1.94. The van der Waals surface area contributed by atoms with E-state index in [1.165, 1.54) is 18.4 Å². The molecule has 1 saturated carbocycles. The summed E-state index contributed by atoms with van der Waals surface area (Å²) < 4.78 is 1.81. The minimum absolute atomic E-state index is 0.615. The highest BCUT2D eigenvalue weighted by Crippen LogP contribution is 2.34. The Morgan fingerprint density at radius 3 is 3.10 bits per heavy atom. The SMILES string of the molecule is Cn1nccc1-c1nc2cc([C@H]3C[CH]CC3)cnc2[nH]1. The Labute approximate surface area is 117 Å². The Balaban J connectivity index is 1.77. The summed E-state index contributed by atoms with van der Waals surface area (Å²) in [7, 11) is 1.91. The maximum Gasteiger partial charge on any atom is 0.158 e. The fourth-order valence-electron chi connectivity index (χ4n) is 2.92. The quantitative estimate of drug-likeness (QED) is 0.776. The van der Waals surface area contributed by atoms with Crippen LogP contribution in [0, 0.1) is 6.42 Å². The molecule has 0 aliphatic heterocycles. The van der Waals surface area contributed by atoms with E-state index in [0.717, 1.165) is 29.1 Å². The maximum absolute atomic E-state index is 4.66. The molecule has 1 N–H and O–H groups in total. The second-order valence-corrected chi connectivity index (χ2v) is 5.36. The highest BCUT2D eigenvalue weighted by atomic mass is 15.3. The third kappa shape index (κ3) is 1.81. The van der Waals surface area contributed by atoms with Crippen LogP contribution in [0.15, 0.2) is 24.5 Å². The first kappa shape index (κ1) is 11.6. The van der Waals surface area contributed by atoms with E-state index < -0.39 is 0 Å². The van der Waals surface area contributed by atoms with Gasteiger partial charge in [0, 0.05) is 19.4 Å². The Bertz CT molecular complexity index is 749. The molecule has 1 atom stereocenters. The van der Waals surface area contributed by atoms with Crippen LogP contribution in [0.25, 0.3) is 22.7 Å². The zero-order chi connectivity index (χ0) is 13.5. The summed E-state index contributed by atoms with van der Waals surface area (Å²) in [6.07, 6.45) is 9.72. The molecule has 3 heterocycles. The molecule has 5 nitrogen and oxygen atoms in total. The van der Waals surface area contributed by atoms with Crippen molar-refractivity contribution in [2.75, 3.05) is 0 Å². The number of aromatic amines is 1. The lowest BCUT2D eigenvalue weighted by Gasteiger charge is -2.07. The molecule has 0 amide bonds. The zero-order valence-corrected chi connectivity index (χ0v) is 11.4. The van der Waals surface area contributed by atoms with Crippen molar-refractivity contribution in [2.24, 2.45) is 7.05 Å². The Morgan fingerprint density at radius 2 is 2.35 bits per heavy atom. The summed E-state index contributed by atoms with van der Waals surface area (Å²) >= 11 is 0. The van der Waals surface area contributed by atoms with Gasteiger partial charge in [-0.15, -0.1) is 0 Å². The van der Waals surface area contributed by atoms with Gasteiger partial charge in [0.25, 0.3) is 0 Å². The summed E-state index contributed by atoms with van der Waals surface area (Å²) in [5, 5.41) is 4.18. The van der Waals surface area contributed by atoms with Crippen molar-refractivity contribution in [1.82, 2.24) is 24.7 Å². The van der Waals surface area contributed by atoms with Crippen molar-refractivity contribution in [1.29, 1.82) is 0 Å². The summed E-state index contributed by atoms with van der Waals surface area (Å²) in [4.78, 5) is 12.4. The first-order valence-electron chi connectivity index (χ1n) is 6.97. The number of hydrogen-bond donors (Lipinski definition) is 1. The van der Waals surface area contributed by atoms with E-state index in [9.17, 15) is 0 Å². The molecule has 1 aliphatic rings. The van der Waals surface area contributed by atoms with Gasteiger partial charge in [-0.3, -0.25) is 4.68 Å². The van der Waals surface area contributed by atoms with Crippen LogP contribution in [0.2, 0.25) is 0 Å². The van der Waals surface area contributed by atoms with Gasteiger partial charge in [-0.25, -0.2) is 9.97 Å². The monoisotopic (exact) mass is 266 g/mol. The normalized spacial score (nSPS) is 16.2. The molecular weight excluding hydrogens is 250 g/mol. The Hall–Kier alpha value is -2.17. The van der Waals surface area contributed by atoms with Crippen LogP contribution >= 0.6 is 0 Å². The molecule has 4 rings (SSSR count). The molecule has 1 fully saturated rings. The van der Waals surface area contributed by atoms with Crippen molar-refractivity contribution in [3.63, 3.8) is 0 Å². The molecule has 1 radical (unpaired) electrons. The highest BCUT2D eigenvalue weighted by molar-refractivity contribution is 5.75. The van der Waals surface area contributed by atoms with Crippen molar-refractivity contribution in [2.45, 2.75) is 25.2 Å². The third-order valence-corrected chi connectivity index (χ3v) is 4.06. The topological polar surface area (TPSA) is 59.4 Å². The van der Waals surface area contributed by atoms with E-state index in [4.69, 9.17) is 0 Å². The smallest absolute Gasteiger partial charge is 0.158 e. The molecular formula is C15H16N5. The van der Waals surface area contributed by atoms with Gasteiger partial charge >= 0.3 is 0 Å². The summed E-state index contributed by atoms with van der Waals surface area (Å²) in [5.74, 6) is 1.44. The molecule has 5 heteroatoms. The number of H-pyrrole nitrogens is 1. The molecule has 3 aromatic heterocycles. The van der Waals surface area contributed by atoms with Crippen molar-refractivity contribution < 1.29 is 0 Å². The highest BCUT2D eigenvalue weighted by Gasteiger charge is 2.19. The number of nitrogens with one attached hydrogen (secondary N) is 1. The molecule has 0 spiro atoms. The average molecular weight is 266 g/mol. The van der Waals surface area contributed by atoms with E-state index in [1.54, 1.807) is 6.20 Å². The summed E-state index contributed by atoms with van der Waals surface area (Å²) in [5.41, 5.74) is 4.05. The van der Waals surface area contributed by atoms with Crippen molar-refractivity contribution in [3.05, 3.63) is 36.5 Å². The largest absolute Gasteiger partial charge is 0.321 e. The van der Waals surface area contributed by atoms with Gasteiger partial charge in [0.15, 0.2) is 11.5 Å². The standard InChI is InChI=1S/C15H16N5/c1-20-13(6-7-17-20)15-18-12-8-11(9-16-14(12)19-15)10-4-2-3-5-10/h2,6-10H,3-5H2,1H3,(H,16,18,19)/t10-/m0/s1. The molecule has 20 heavy (non-hydrogen) atoms. The number of aromatic nitrogens is 5. The van der Waals surface area contributed by atoms with Gasteiger partial charge in [-0.1, -0.05) is 0 Å². The van der Waals surface area contributed by atoms with Gasteiger partial charge < -0.3 is 4.98 Å². The number of pyridine rings is 1. The van der Waals surface area contributed by atoms with E-state index >= 15 is 0 Å². The van der Waals surface area contributed by atoms with Gasteiger partial charge in [-0.05, 0) is 49.3 Å². The molecule has 101 valence electrons. The van der Waals surface area contributed by atoms with Crippen molar-refractivity contribution >= 4 is 11.2 Å². The Kier molecular flexibility index (Phi) is 2.58. The van der Waals surface area contributed by atoms with Crippen molar-refractivity contribution in [3.8, 4) is 11.5 Å². The predicted octanol–water partition coefficient (Wildman–Crippen LogP) is 2.83. The minimum atomic E-state index is 0.615. The zero-order valence-electron chi connectivity index (χ0n) is 11.4. The number of imidazole rings is 1. The summed E-state index contributed by atoms with van der Waals surface area (Å²) in [6, 6.07) is 4.12. The minimum Gasteiger partial charge on any atom is -0.321 e. The van der Waals surface area contributed by atoms with Gasteiger partial charge in [-0.2, -0.15) is 5.10 Å². The molecule has 0 saturated heterocycles. The Morgan fingerprint density at radius 1 is 1.40 bits per heavy atom. The summed E-state index contributed by atoms with van der Waals surface area (Å²) in [6.45, 7) is 0. The number of hydrogen-bond acceptors (Lipinski definition) is 3. The number of nitrogens with zero attached hydrogens (tertiary/aromatic N) is 4.